The highest BCUT2D eigenvalue weighted by Crippen LogP contribution is 2.18. The summed E-state index contributed by atoms with van der Waals surface area (Å²) in [5.41, 5.74) is 0. The van der Waals surface area contributed by atoms with Crippen molar-refractivity contribution < 1.29 is 24.5 Å². The van der Waals surface area contributed by atoms with E-state index in [1.807, 2.05) is 0 Å². The fourth-order valence-corrected chi connectivity index (χ4v) is 7.76. The highest BCUT2D eigenvalue weighted by molar-refractivity contribution is 5.77. The van der Waals surface area contributed by atoms with Gasteiger partial charge in [0, 0.05) is 6.42 Å². The van der Waals surface area contributed by atoms with Crippen LogP contribution in [0.5, 0.6) is 0 Å². The first-order chi connectivity index (χ1) is 29.0. The van der Waals surface area contributed by atoms with E-state index in [4.69, 9.17) is 4.74 Å². The molecule has 6 heteroatoms. The molecule has 0 aromatic heterocycles. The number of amides is 1. The quantitative estimate of drug-likeness (QED) is 0.0246. The normalized spacial score (nSPS) is 13.5. The molecule has 0 saturated heterocycles. The first-order valence-electron chi connectivity index (χ1n) is 25.7. The SMILES string of the molecule is CCCC/C=C\CCCCCC(CC(=O)NC(CO)C(O)CCCCCCCCCCCCCCCCCC)OC(=O)CCCCCCCC/C=C/C=C/CCCCC. The predicted octanol–water partition coefficient (Wildman–Crippen LogP) is 15.3. The second-order valence-corrected chi connectivity index (χ2v) is 17.6. The van der Waals surface area contributed by atoms with Crippen LogP contribution in [-0.4, -0.2) is 46.9 Å². The maximum absolute atomic E-state index is 13.2. The summed E-state index contributed by atoms with van der Waals surface area (Å²) in [7, 11) is 0. The van der Waals surface area contributed by atoms with Gasteiger partial charge in [-0.05, 0) is 70.6 Å². The molecule has 0 bridgehead atoms. The maximum atomic E-state index is 13.2. The number of ether oxygens (including phenoxy) is 1. The smallest absolute Gasteiger partial charge is 0.306 e. The Morgan fingerprint density at radius 1 is 0.492 bits per heavy atom. The van der Waals surface area contributed by atoms with Crippen molar-refractivity contribution in [1.29, 1.82) is 0 Å². The Morgan fingerprint density at radius 3 is 1.41 bits per heavy atom. The Kier molecular flexibility index (Phi) is 45.6. The summed E-state index contributed by atoms with van der Waals surface area (Å²) in [6.45, 7) is 6.41. The Hall–Kier alpha value is -1.92. The molecule has 0 aliphatic heterocycles. The van der Waals surface area contributed by atoms with E-state index in [1.54, 1.807) is 0 Å². The van der Waals surface area contributed by atoms with Gasteiger partial charge in [-0.2, -0.15) is 0 Å². The minimum Gasteiger partial charge on any atom is -0.462 e. The molecule has 6 nitrogen and oxygen atoms in total. The van der Waals surface area contributed by atoms with Crippen LogP contribution in [0.2, 0.25) is 0 Å². The number of hydrogen-bond acceptors (Lipinski definition) is 5. The van der Waals surface area contributed by atoms with Crippen molar-refractivity contribution in [3.05, 3.63) is 36.5 Å². The molecule has 3 atom stereocenters. The zero-order chi connectivity index (χ0) is 43.1. The molecule has 0 aromatic rings. The molecule has 0 aromatic carbocycles. The number of unbranched alkanes of at least 4 members (excludes halogenated alkanes) is 29. The summed E-state index contributed by atoms with van der Waals surface area (Å²) in [5, 5.41) is 23.7. The average molecular weight is 830 g/mol. The minimum atomic E-state index is -0.791. The second kappa shape index (κ2) is 47.1. The zero-order valence-corrected chi connectivity index (χ0v) is 39.4. The number of nitrogens with one attached hydrogen (secondary N) is 1. The number of allylic oxidation sites excluding steroid dienone is 6. The maximum Gasteiger partial charge on any atom is 0.306 e. The number of carbonyl (C=O) groups is 2. The van der Waals surface area contributed by atoms with Gasteiger partial charge in [0.2, 0.25) is 5.91 Å². The topological polar surface area (TPSA) is 95.9 Å². The lowest BCUT2D eigenvalue weighted by molar-refractivity contribution is -0.151. The summed E-state index contributed by atoms with van der Waals surface area (Å²) < 4.78 is 5.90. The average Bonchev–Trinajstić information content (AvgIpc) is 3.23. The van der Waals surface area contributed by atoms with Gasteiger partial charge in [0.15, 0.2) is 0 Å². The Labute approximate surface area is 366 Å². The van der Waals surface area contributed by atoms with E-state index in [0.717, 1.165) is 77.0 Å². The van der Waals surface area contributed by atoms with Crippen molar-refractivity contribution in [2.75, 3.05) is 6.61 Å². The first-order valence-corrected chi connectivity index (χ1v) is 25.7. The summed E-state index contributed by atoms with van der Waals surface area (Å²) in [5.74, 6) is -0.499. The zero-order valence-electron chi connectivity index (χ0n) is 39.4. The van der Waals surface area contributed by atoms with Crippen molar-refractivity contribution in [2.45, 2.75) is 283 Å². The Balaban J connectivity index is 4.45. The molecule has 0 rings (SSSR count). The highest BCUT2D eigenvalue weighted by atomic mass is 16.5. The number of hydrogen-bond donors (Lipinski definition) is 3. The lowest BCUT2D eigenvalue weighted by atomic mass is 10.0. The monoisotopic (exact) mass is 830 g/mol. The predicted molar refractivity (Wildman–Crippen MR) is 255 cm³/mol. The van der Waals surface area contributed by atoms with Crippen LogP contribution in [0, 0.1) is 0 Å². The molecule has 0 radical (unpaired) electrons. The molecule has 0 heterocycles. The van der Waals surface area contributed by atoms with E-state index < -0.39 is 18.2 Å². The van der Waals surface area contributed by atoms with Gasteiger partial charge < -0.3 is 20.3 Å². The van der Waals surface area contributed by atoms with Crippen molar-refractivity contribution in [2.24, 2.45) is 0 Å². The Morgan fingerprint density at radius 2 is 0.881 bits per heavy atom. The first kappa shape index (κ1) is 57.1. The van der Waals surface area contributed by atoms with E-state index >= 15 is 0 Å². The number of carbonyl (C=O) groups excluding carboxylic acids is 2. The van der Waals surface area contributed by atoms with Gasteiger partial charge in [0.25, 0.3) is 0 Å². The standard InChI is InChI=1S/C53H99NO5/c1-4-7-10-13-16-19-21-23-25-27-28-30-33-36-39-42-45-51(56)50(48-55)54-52(57)47-49(44-41-38-35-32-18-15-12-9-6-3)59-53(58)46-43-40-37-34-31-29-26-24-22-20-17-14-11-8-5-2/h15,17-18,20,22,24,49-51,55-56H,4-14,16,19,21,23,25-48H2,1-3H3,(H,54,57)/b18-15-,20-17+,24-22+. The van der Waals surface area contributed by atoms with E-state index in [2.05, 4.69) is 62.5 Å². The van der Waals surface area contributed by atoms with Gasteiger partial charge in [-0.15, -0.1) is 0 Å². The number of aliphatic hydroxyl groups excluding tert-OH is 2. The molecule has 3 unspecified atom stereocenters. The van der Waals surface area contributed by atoms with E-state index in [9.17, 15) is 19.8 Å². The van der Waals surface area contributed by atoms with Crippen LogP contribution < -0.4 is 5.32 Å². The Bertz CT molecular complexity index is 977. The fourth-order valence-electron chi connectivity index (χ4n) is 7.76. The lowest BCUT2D eigenvalue weighted by Crippen LogP contribution is -2.46. The van der Waals surface area contributed by atoms with Gasteiger partial charge in [-0.1, -0.05) is 218 Å². The fraction of sp³-hybridized carbons (Fsp3) is 0.849. The van der Waals surface area contributed by atoms with Crippen molar-refractivity contribution in [3.8, 4) is 0 Å². The van der Waals surface area contributed by atoms with Crippen LogP contribution in [0.25, 0.3) is 0 Å². The van der Waals surface area contributed by atoms with Crippen LogP contribution in [0.1, 0.15) is 265 Å². The largest absolute Gasteiger partial charge is 0.462 e. The molecule has 0 aliphatic carbocycles. The second-order valence-electron chi connectivity index (χ2n) is 17.6. The summed E-state index contributed by atoms with van der Waals surface area (Å²) >= 11 is 0. The molecular formula is C53H99NO5. The van der Waals surface area contributed by atoms with Crippen LogP contribution in [-0.2, 0) is 14.3 Å². The molecule has 346 valence electrons. The highest BCUT2D eigenvalue weighted by Gasteiger charge is 2.24. The van der Waals surface area contributed by atoms with E-state index in [-0.39, 0.29) is 24.9 Å². The summed E-state index contributed by atoms with van der Waals surface area (Å²) in [6, 6.07) is -0.706. The van der Waals surface area contributed by atoms with Gasteiger partial charge in [0.1, 0.15) is 6.10 Å². The molecule has 3 N–H and O–H groups in total. The minimum absolute atomic E-state index is 0.0635. The molecule has 0 saturated carbocycles. The van der Waals surface area contributed by atoms with Crippen LogP contribution in [0.4, 0.5) is 0 Å². The van der Waals surface area contributed by atoms with Gasteiger partial charge in [-0.25, -0.2) is 0 Å². The van der Waals surface area contributed by atoms with Gasteiger partial charge in [-0.3, -0.25) is 9.59 Å². The van der Waals surface area contributed by atoms with Crippen molar-refractivity contribution >= 4 is 11.9 Å². The van der Waals surface area contributed by atoms with Crippen LogP contribution >= 0.6 is 0 Å². The third-order valence-corrected chi connectivity index (χ3v) is 11.7. The van der Waals surface area contributed by atoms with Crippen LogP contribution in [0.15, 0.2) is 36.5 Å². The third kappa shape index (κ3) is 42.6. The molecule has 1 amide bonds. The number of rotatable bonds is 46. The van der Waals surface area contributed by atoms with Crippen molar-refractivity contribution in [1.82, 2.24) is 5.32 Å². The third-order valence-electron chi connectivity index (χ3n) is 11.7. The molecular weight excluding hydrogens is 731 g/mol. The van der Waals surface area contributed by atoms with E-state index in [1.165, 1.54) is 141 Å². The van der Waals surface area contributed by atoms with E-state index in [0.29, 0.717) is 19.3 Å². The summed E-state index contributed by atoms with van der Waals surface area (Å²) in [6.07, 6.45) is 54.9. The lowest BCUT2D eigenvalue weighted by Gasteiger charge is -2.24. The number of aliphatic hydroxyl groups is 2. The molecule has 0 spiro atoms. The van der Waals surface area contributed by atoms with Gasteiger partial charge in [0.05, 0.1) is 25.2 Å². The number of esters is 1. The van der Waals surface area contributed by atoms with Crippen LogP contribution in [0.3, 0.4) is 0 Å². The van der Waals surface area contributed by atoms with Gasteiger partial charge >= 0.3 is 5.97 Å². The van der Waals surface area contributed by atoms with Crippen molar-refractivity contribution in [3.63, 3.8) is 0 Å². The molecule has 0 fully saturated rings. The molecule has 0 aliphatic rings. The molecule has 59 heavy (non-hydrogen) atoms. The summed E-state index contributed by atoms with van der Waals surface area (Å²) in [4.78, 5) is 26.0.